The van der Waals surface area contributed by atoms with E-state index in [1.165, 1.54) is 0 Å². The highest BCUT2D eigenvalue weighted by atomic mass is 16.7. The lowest BCUT2D eigenvalue weighted by Crippen LogP contribution is -2.62. The molecule has 1 aliphatic rings. The standard InChI is InChI=1S/C29H34N2O4/c1-28(2,31-20-27(21-31)35-26-16-10-15-25(19-26)33-3)17-18-29(22-34-30-32,23-11-6-4-7-12-23)24-13-8-5-9-14-24/h4-16,19,27H,17-18,20-22H2,1-3H3. The Balaban J connectivity index is 1.47. The maximum atomic E-state index is 11.0. The highest BCUT2D eigenvalue weighted by Gasteiger charge is 2.42. The van der Waals surface area contributed by atoms with Gasteiger partial charge < -0.3 is 14.3 Å². The average Bonchev–Trinajstić information content (AvgIpc) is 2.87. The van der Waals surface area contributed by atoms with Crippen LogP contribution in [0.2, 0.25) is 0 Å². The zero-order chi connectivity index (χ0) is 24.7. The van der Waals surface area contributed by atoms with Crippen molar-refractivity contribution >= 4 is 0 Å². The fourth-order valence-electron chi connectivity index (χ4n) is 4.90. The summed E-state index contributed by atoms with van der Waals surface area (Å²) in [5.41, 5.74) is 1.70. The predicted octanol–water partition coefficient (Wildman–Crippen LogP) is 6.00. The van der Waals surface area contributed by atoms with Crippen LogP contribution in [0.15, 0.2) is 90.3 Å². The number of methoxy groups -OCH3 is 1. The average molecular weight is 475 g/mol. The minimum absolute atomic E-state index is 0.0579. The molecule has 0 aliphatic carbocycles. The molecule has 0 spiro atoms. The Kier molecular flexibility index (Phi) is 7.71. The molecular formula is C29H34N2O4. The fourth-order valence-corrected chi connectivity index (χ4v) is 4.90. The van der Waals surface area contributed by atoms with Gasteiger partial charge in [-0.3, -0.25) is 4.90 Å². The summed E-state index contributed by atoms with van der Waals surface area (Å²) in [6.07, 6.45) is 1.86. The molecule has 0 atom stereocenters. The number of likely N-dealkylation sites (tertiary alicyclic amines) is 1. The summed E-state index contributed by atoms with van der Waals surface area (Å²) in [5, 5.41) is 2.75. The number of rotatable bonds is 12. The molecule has 6 nitrogen and oxygen atoms in total. The van der Waals surface area contributed by atoms with Gasteiger partial charge in [-0.25, -0.2) is 0 Å². The molecule has 1 heterocycles. The Hall–Kier alpha value is -3.38. The van der Waals surface area contributed by atoms with E-state index in [9.17, 15) is 4.91 Å². The summed E-state index contributed by atoms with van der Waals surface area (Å²) in [6.45, 7) is 6.46. The maximum absolute atomic E-state index is 11.0. The second-order valence-electron chi connectivity index (χ2n) is 9.80. The zero-order valence-corrected chi connectivity index (χ0v) is 20.7. The highest BCUT2D eigenvalue weighted by Crippen LogP contribution is 2.40. The van der Waals surface area contributed by atoms with Gasteiger partial charge in [0.05, 0.1) is 12.5 Å². The quantitative estimate of drug-likeness (QED) is 0.238. The first kappa shape index (κ1) is 24.7. The molecule has 3 aromatic rings. The third-order valence-electron chi connectivity index (χ3n) is 7.23. The second kappa shape index (κ2) is 10.9. The van der Waals surface area contributed by atoms with Crippen molar-refractivity contribution in [2.45, 2.75) is 43.7 Å². The number of benzene rings is 3. The molecule has 0 saturated carbocycles. The topological polar surface area (TPSA) is 60.4 Å². The summed E-state index contributed by atoms with van der Waals surface area (Å²) in [6, 6.07) is 28.3. The van der Waals surface area contributed by atoms with Crippen molar-refractivity contribution in [2.24, 2.45) is 5.34 Å². The summed E-state index contributed by atoms with van der Waals surface area (Å²) in [4.78, 5) is 18.7. The summed E-state index contributed by atoms with van der Waals surface area (Å²) in [5.74, 6) is 1.63. The molecule has 0 bridgehead atoms. The van der Waals surface area contributed by atoms with Gasteiger partial charge in [-0.15, -0.1) is 4.91 Å². The fraction of sp³-hybridized carbons (Fsp3) is 0.379. The normalized spacial score (nSPS) is 14.7. The zero-order valence-electron chi connectivity index (χ0n) is 20.7. The minimum Gasteiger partial charge on any atom is -0.497 e. The lowest BCUT2D eigenvalue weighted by molar-refractivity contribution is -0.0483. The van der Waals surface area contributed by atoms with Crippen LogP contribution in [0.5, 0.6) is 11.5 Å². The smallest absolute Gasteiger partial charge is 0.155 e. The first-order chi connectivity index (χ1) is 17.0. The van der Waals surface area contributed by atoms with Gasteiger partial charge >= 0.3 is 0 Å². The molecule has 3 aromatic carbocycles. The van der Waals surface area contributed by atoms with E-state index in [4.69, 9.17) is 14.3 Å². The molecule has 0 amide bonds. The Bertz CT molecular complexity index is 1040. The van der Waals surface area contributed by atoms with Gasteiger partial charge in [-0.05, 0) is 49.9 Å². The molecule has 0 N–H and O–H groups in total. The van der Waals surface area contributed by atoms with Gasteiger partial charge in [0.25, 0.3) is 0 Å². The Labute approximate surface area is 207 Å². The van der Waals surface area contributed by atoms with Gasteiger partial charge in [-0.1, -0.05) is 66.7 Å². The minimum atomic E-state index is -0.477. The van der Waals surface area contributed by atoms with Crippen molar-refractivity contribution in [3.8, 4) is 11.5 Å². The third kappa shape index (κ3) is 5.65. The van der Waals surface area contributed by atoms with Crippen LogP contribution >= 0.6 is 0 Å². The van der Waals surface area contributed by atoms with Gasteiger partial charge in [0.1, 0.15) is 24.2 Å². The molecule has 184 valence electrons. The van der Waals surface area contributed by atoms with Crippen molar-refractivity contribution in [2.75, 3.05) is 26.8 Å². The number of ether oxygens (including phenoxy) is 2. The van der Waals surface area contributed by atoms with Crippen molar-refractivity contribution < 1.29 is 14.3 Å². The Morgan fingerprint density at radius 3 is 2.03 bits per heavy atom. The first-order valence-electron chi connectivity index (χ1n) is 12.1. The van der Waals surface area contributed by atoms with E-state index in [0.29, 0.717) is 0 Å². The number of hydrogen-bond acceptors (Lipinski definition) is 6. The molecule has 0 unspecified atom stereocenters. The van der Waals surface area contributed by atoms with E-state index >= 15 is 0 Å². The second-order valence-corrected chi connectivity index (χ2v) is 9.80. The molecule has 4 rings (SSSR count). The molecule has 0 aromatic heterocycles. The van der Waals surface area contributed by atoms with E-state index in [0.717, 1.165) is 48.6 Å². The molecule has 1 fully saturated rings. The molecule has 0 radical (unpaired) electrons. The maximum Gasteiger partial charge on any atom is 0.155 e. The SMILES string of the molecule is COc1cccc(OC2CN(C(C)(C)CCC(CON=O)(c3ccccc3)c3ccccc3)C2)c1. The highest BCUT2D eigenvalue weighted by molar-refractivity contribution is 5.40. The summed E-state index contributed by atoms with van der Waals surface area (Å²) < 4.78 is 11.5. The van der Waals surface area contributed by atoms with E-state index in [2.05, 4.69) is 48.4 Å². The van der Waals surface area contributed by atoms with Gasteiger partial charge in [-0.2, -0.15) is 0 Å². The van der Waals surface area contributed by atoms with Crippen LogP contribution in [0, 0.1) is 4.91 Å². The van der Waals surface area contributed by atoms with E-state index < -0.39 is 5.41 Å². The largest absolute Gasteiger partial charge is 0.497 e. The van der Waals surface area contributed by atoms with Crippen molar-refractivity contribution in [1.82, 2.24) is 4.90 Å². The molecular weight excluding hydrogens is 440 g/mol. The monoisotopic (exact) mass is 474 g/mol. The van der Waals surface area contributed by atoms with Crippen molar-refractivity contribution in [3.05, 3.63) is 101 Å². The van der Waals surface area contributed by atoms with Crippen molar-refractivity contribution in [1.29, 1.82) is 0 Å². The van der Waals surface area contributed by atoms with Crippen LogP contribution in [-0.2, 0) is 10.3 Å². The van der Waals surface area contributed by atoms with Crippen LogP contribution in [0.4, 0.5) is 0 Å². The van der Waals surface area contributed by atoms with Crippen LogP contribution in [0.1, 0.15) is 37.8 Å². The van der Waals surface area contributed by atoms with Gasteiger partial charge in [0, 0.05) is 24.7 Å². The van der Waals surface area contributed by atoms with Crippen LogP contribution in [0.3, 0.4) is 0 Å². The molecule has 1 aliphatic heterocycles. The van der Waals surface area contributed by atoms with E-state index in [-0.39, 0.29) is 18.2 Å². The van der Waals surface area contributed by atoms with Gasteiger partial charge in [0.2, 0.25) is 0 Å². The molecule has 6 heteroatoms. The van der Waals surface area contributed by atoms with E-state index in [1.54, 1.807) is 7.11 Å². The number of hydrogen-bond donors (Lipinski definition) is 0. The molecule has 1 saturated heterocycles. The lowest BCUT2D eigenvalue weighted by Gasteiger charge is -2.50. The predicted molar refractivity (Wildman–Crippen MR) is 138 cm³/mol. The number of nitrogens with zero attached hydrogens (tertiary/aromatic N) is 2. The van der Waals surface area contributed by atoms with Gasteiger partial charge in [0.15, 0.2) is 5.34 Å². The summed E-state index contributed by atoms with van der Waals surface area (Å²) >= 11 is 0. The van der Waals surface area contributed by atoms with Crippen LogP contribution < -0.4 is 9.47 Å². The summed E-state index contributed by atoms with van der Waals surface area (Å²) in [7, 11) is 1.66. The van der Waals surface area contributed by atoms with E-state index in [1.807, 2.05) is 60.7 Å². The van der Waals surface area contributed by atoms with Crippen LogP contribution in [-0.4, -0.2) is 43.3 Å². The Morgan fingerprint density at radius 1 is 0.857 bits per heavy atom. The van der Waals surface area contributed by atoms with Crippen molar-refractivity contribution in [3.63, 3.8) is 0 Å². The third-order valence-corrected chi connectivity index (χ3v) is 7.23. The first-order valence-corrected chi connectivity index (χ1v) is 12.1. The lowest BCUT2D eigenvalue weighted by atomic mass is 9.70. The Morgan fingerprint density at radius 2 is 1.46 bits per heavy atom. The van der Waals surface area contributed by atoms with Crippen LogP contribution in [0.25, 0.3) is 0 Å². The molecule has 35 heavy (non-hydrogen) atoms.